The van der Waals surface area contributed by atoms with Gasteiger partial charge in [0.1, 0.15) is 0 Å². The van der Waals surface area contributed by atoms with Crippen LogP contribution >= 0.6 is 0 Å². The Kier molecular flexibility index (Phi) is 7.21. The molecule has 0 heterocycles. The summed E-state index contributed by atoms with van der Waals surface area (Å²) in [7, 11) is 1.52. The van der Waals surface area contributed by atoms with E-state index in [1.807, 2.05) is 6.07 Å². The maximum Gasteiger partial charge on any atom is 0.165 e. The largest absolute Gasteiger partial charge is 0.494 e. The SMILES string of the molecule is CCCCCCC[C@H]1CC[C@H](c2ccc(OC)c(F)c2)CC1. The Balaban J connectivity index is 1.73. The van der Waals surface area contributed by atoms with Gasteiger partial charge in [0.2, 0.25) is 0 Å². The van der Waals surface area contributed by atoms with E-state index in [0.717, 1.165) is 11.5 Å². The van der Waals surface area contributed by atoms with Gasteiger partial charge in [-0.1, -0.05) is 51.5 Å². The van der Waals surface area contributed by atoms with Gasteiger partial charge >= 0.3 is 0 Å². The van der Waals surface area contributed by atoms with Crippen molar-refractivity contribution in [3.05, 3.63) is 29.6 Å². The van der Waals surface area contributed by atoms with Crippen LogP contribution in [0.3, 0.4) is 0 Å². The number of benzene rings is 1. The standard InChI is InChI=1S/C20H31FO/c1-3-4-5-6-7-8-16-9-11-17(12-10-16)18-13-14-20(22-2)19(21)15-18/h13-17H,3-12H2,1-2H3/t16-,17-. The number of ether oxygens (including phenoxy) is 1. The molecule has 1 nitrogen and oxygen atoms in total. The summed E-state index contributed by atoms with van der Waals surface area (Å²) in [5.74, 6) is 1.57. The topological polar surface area (TPSA) is 9.23 Å². The van der Waals surface area contributed by atoms with Gasteiger partial charge < -0.3 is 4.74 Å². The maximum absolute atomic E-state index is 13.8. The van der Waals surface area contributed by atoms with Crippen LogP contribution < -0.4 is 4.74 Å². The predicted molar refractivity (Wildman–Crippen MR) is 91.0 cm³/mol. The molecular formula is C20H31FO. The van der Waals surface area contributed by atoms with Gasteiger partial charge in [-0.25, -0.2) is 4.39 Å². The second-order valence-electron chi connectivity index (χ2n) is 6.81. The van der Waals surface area contributed by atoms with Crippen molar-refractivity contribution < 1.29 is 9.13 Å². The van der Waals surface area contributed by atoms with Gasteiger partial charge in [-0.2, -0.15) is 0 Å². The molecule has 124 valence electrons. The average Bonchev–Trinajstić information content (AvgIpc) is 2.55. The van der Waals surface area contributed by atoms with Crippen molar-refractivity contribution in [1.82, 2.24) is 0 Å². The number of hydrogen-bond donors (Lipinski definition) is 0. The molecule has 0 saturated heterocycles. The van der Waals surface area contributed by atoms with Gasteiger partial charge in [0.15, 0.2) is 11.6 Å². The lowest BCUT2D eigenvalue weighted by atomic mass is 9.77. The minimum Gasteiger partial charge on any atom is -0.494 e. The minimum absolute atomic E-state index is 0.224. The molecule has 1 aromatic rings. The number of rotatable bonds is 8. The molecule has 1 aromatic carbocycles. The van der Waals surface area contributed by atoms with Gasteiger partial charge in [-0.05, 0) is 55.2 Å². The summed E-state index contributed by atoms with van der Waals surface area (Å²) in [6.45, 7) is 2.27. The van der Waals surface area contributed by atoms with E-state index in [-0.39, 0.29) is 5.82 Å². The third kappa shape index (κ3) is 5.00. The van der Waals surface area contributed by atoms with E-state index in [4.69, 9.17) is 4.74 Å². The van der Waals surface area contributed by atoms with Gasteiger partial charge in [0, 0.05) is 0 Å². The molecule has 1 aliphatic rings. The fraction of sp³-hybridized carbons (Fsp3) is 0.700. The van der Waals surface area contributed by atoms with Gasteiger partial charge in [-0.15, -0.1) is 0 Å². The van der Waals surface area contributed by atoms with Crippen LogP contribution in [0.15, 0.2) is 18.2 Å². The summed E-state index contributed by atoms with van der Waals surface area (Å²) < 4.78 is 18.8. The van der Waals surface area contributed by atoms with Crippen molar-refractivity contribution in [3.63, 3.8) is 0 Å². The summed E-state index contributed by atoms with van der Waals surface area (Å²) in [4.78, 5) is 0. The van der Waals surface area contributed by atoms with Crippen LogP contribution in [0.4, 0.5) is 4.39 Å². The highest BCUT2D eigenvalue weighted by Gasteiger charge is 2.22. The summed E-state index contributed by atoms with van der Waals surface area (Å²) in [5, 5.41) is 0. The van der Waals surface area contributed by atoms with Crippen molar-refractivity contribution in [2.24, 2.45) is 5.92 Å². The Labute approximate surface area is 135 Å². The molecule has 1 fully saturated rings. The molecular weight excluding hydrogens is 275 g/mol. The third-order valence-corrected chi connectivity index (χ3v) is 5.21. The van der Waals surface area contributed by atoms with Crippen LogP contribution in [0.5, 0.6) is 5.75 Å². The van der Waals surface area contributed by atoms with Gasteiger partial charge in [-0.3, -0.25) is 0 Å². The van der Waals surface area contributed by atoms with E-state index >= 15 is 0 Å². The number of unbranched alkanes of at least 4 members (excludes halogenated alkanes) is 4. The fourth-order valence-electron chi connectivity index (χ4n) is 3.76. The fourth-order valence-corrected chi connectivity index (χ4v) is 3.76. The van der Waals surface area contributed by atoms with Crippen LogP contribution in [0, 0.1) is 11.7 Å². The zero-order valence-electron chi connectivity index (χ0n) is 14.2. The molecule has 1 aliphatic carbocycles. The second-order valence-corrected chi connectivity index (χ2v) is 6.81. The van der Waals surface area contributed by atoms with Crippen molar-refractivity contribution in [1.29, 1.82) is 0 Å². The van der Waals surface area contributed by atoms with E-state index in [1.165, 1.54) is 71.3 Å². The van der Waals surface area contributed by atoms with Crippen LogP contribution in [0.2, 0.25) is 0 Å². The highest BCUT2D eigenvalue weighted by Crippen LogP contribution is 2.38. The smallest absolute Gasteiger partial charge is 0.165 e. The quantitative estimate of drug-likeness (QED) is 0.500. The molecule has 0 aliphatic heterocycles. The highest BCUT2D eigenvalue weighted by molar-refractivity contribution is 5.31. The molecule has 0 atom stereocenters. The normalized spacial score (nSPS) is 21.8. The first-order valence-corrected chi connectivity index (χ1v) is 9.08. The van der Waals surface area contributed by atoms with E-state index < -0.39 is 0 Å². The minimum atomic E-state index is -0.224. The zero-order chi connectivity index (χ0) is 15.8. The number of hydrogen-bond acceptors (Lipinski definition) is 1. The van der Waals surface area contributed by atoms with Crippen molar-refractivity contribution in [2.45, 2.75) is 77.0 Å². The Morgan fingerprint density at radius 2 is 1.77 bits per heavy atom. The van der Waals surface area contributed by atoms with E-state index in [0.29, 0.717) is 11.7 Å². The van der Waals surface area contributed by atoms with Crippen molar-refractivity contribution >= 4 is 0 Å². The van der Waals surface area contributed by atoms with E-state index in [1.54, 1.807) is 12.1 Å². The molecule has 0 spiro atoms. The van der Waals surface area contributed by atoms with Crippen LogP contribution in [0.1, 0.15) is 82.6 Å². The van der Waals surface area contributed by atoms with E-state index in [2.05, 4.69) is 6.92 Å². The molecule has 0 bridgehead atoms. The van der Waals surface area contributed by atoms with Crippen molar-refractivity contribution in [2.75, 3.05) is 7.11 Å². The van der Waals surface area contributed by atoms with E-state index in [9.17, 15) is 4.39 Å². The highest BCUT2D eigenvalue weighted by atomic mass is 19.1. The average molecular weight is 306 g/mol. The molecule has 22 heavy (non-hydrogen) atoms. The number of methoxy groups -OCH3 is 1. The number of halogens is 1. The monoisotopic (exact) mass is 306 g/mol. The summed E-state index contributed by atoms with van der Waals surface area (Å²) >= 11 is 0. The first-order chi connectivity index (χ1) is 10.7. The Bertz CT molecular complexity index is 435. The third-order valence-electron chi connectivity index (χ3n) is 5.21. The Morgan fingerprint density at radius 3 is 2.41 bits per heavy atom. The second kappa shape index (κ2) is 9.17. The summed E-state index contributed by atoms with van der Waals surface area (Å²) in [6, 6.07) is 5.48. The molecule has 0 amide bonds. The lowest BCUT2D eigenvalue weighted by molar-refractivity contribution is 0.301. The van der Waals surface area contributed by atoms with Crippen LogP contribution in [-0.4, -0.2) is 7.11 Å². The molecule has 0 unspecified atom stereocenters. The maximum atomic E-state index is 13.8. The summed E-state index contributed by atoms with van der Waals surface area (Å²) in [6.07, 6.45) is 13.3. The first kappa shape index (κ1) is 17.3. The van der Waals surface area contributed by atoms with Gasteiger partial charge in [0.05, 0.1) is 7.11 Å². The van der Waals surface area contributed by atoms with Crippen LogP contribution in [0.25, 0.3) is 0 Å². The molecule has 2 heteroatoms. The molecule has 0 N–H and O–H groups in total. The summed E-state index contributed by atoms with van der Waals surface area (Å²) in [5.41, 5.74) is 1.15. The molecule has 2 rings (SSSR count). The zero-order valence-corrected chi connectivity index (χ0v) is 14.2. The van der Waals surface area contributed by atoms with Gasteiger partial charge in [0.25, 0.3) is 0 Å². The molecule has 0 radical (unpaired) electrons. The molecule has 1 saturated carbocycles. The lowest BCUT2D eigenvalue weighted by Crippen LogP contribution is -2.13. The van der Waals surface area contributed by atoms with Crippen molar-refractivity contribution in [3.8, 4) is 5.75 Å². The Morgan fingerprint density at radius 1 is 1.05 bits per heavy atom. The first-order valence-electron chi connectivity index (χ1n) is 9.08. The van der Waals surface area contributed by atoms with Crippen LogP contribution in [-0.2, 0) is 0 Å². The molecule has 0 aromatic heterocycles. The predicted octanol–water partition coefficient (Wildman–Crippen LogP) is 6.47. The Hall–Kier alpha value is -1.05. The lowest BCUT2D eigenvalue weighted by Gasteiger charge is -2.29.